The van der Waals surface area contributed by atoms with Crippen LogP contribution in [0.3, 0.4) is 0 Å². The van der Waals surface area contributed by atoms with Gasteiger partial charge < -0.3 is 9.80 Å². The summed E-state index contributed by atoms with van der Waals surface area (Å²) in [7, 11) is 0. The van der Waals surface area contributed by atoms with E-state index in [-0.39, 0.29) is 35.3 Å². The van der Waals surface area contributed by atoms with Crippen LogP contribution in [0.25, 0.3) is 5.69 Å². The highest BCUT2D eigenvalue weighted by Crippen LogP contribution is 2.28. The maximum absolute atomic E-state index is 13.0. The third-order valence-electron chi connectivity index (χ3n) is 5.66. The van der Waals surface area contributed by atoms with E-state index in [0.717, 1.165) is 11.4 Å². The summed E-state index contributed by atoms with van der Waals surface area (Å²) in [5, 5.41) is 3.19. The molecule has 0 bridgehead atoms. The van der Waals surface area contributed by atoms with Gasteiger partial charge in [0.1, 0.15) is 0 Å². The van der Waals surface area contributed by atoms with Crippen LogP contribution in [-0.4, -0.2) is 50.0 Å². The Labute approximate surface area is 163 Å². The number of amides is 2. The summed E-state index contributed by atoms with van der Waals surface area (Å²) in [5.74, 6) is -0.335. The number of H-pyrrole nitrogens is 1. The summed E-state index contributed by atoms with van der Waals surface area (Å²) in [6, 6.07) is 9.42. The fraction of sp³-hybridized carbons (Fsp3) is 0.476. The van der Waals surface area contributed by atoms with Crippen LogP contribution in [0.5, 0.6) is 0 Å². The molecule has 4 rings (SSSR count). The van der Waals surface area contributed by atoms with Gasteiger partial charge in [0.2, 0.25) is 11.8 Å². The molecule has 1 atom stereocenters. The van der Waals surface area contributed by atoms with Crippen molar-refractivity contribution < 1.29 is 9.59 Å². The minimum Gasteiger partial charge on any atom is -0.337 e. The number of hydrogen-bond acceptors (Lipinski definition) is 3. The van der Waals surface area contributed by atoms with Crippen LogP contribution in [0.1, 0.15) is 38.4 Å². The number of nitrogens with zero attached hydrogens (tertiary/aromatic N) is 3. The molecular formula is C21H26N4O3. The Hall–Kier alpha value is -2.83. The molecule has 0 spiro atoms. The van der Waals surface area contributed by atoms with Crippen molar-refractivity contribution in [3.05, 3.63) is 51.9 Å². The molecule has 2 amide bonds. The second-order valence-corrected chi connectivity index (χ2v) is 8.63. The second-order valence-electron chi connectivity index (χ2n) is 8.63. The Morgan fingerprint density at radius 2 is 1.86 bits per heavy atom. The lowest BCUT2D eigenvalue weighted by atomic mass is 10.0. The smallest absolute Gasteiger partial charge is 0.276 e. The molecular weight excluding hydrogens is 356 g/mol. The van der Waals surface area contributed by atoms with E-state index < -0.39 is 0 Å². The fourth-order valence-electron chi connectivity index (χ4n) is 4.13. The van der Waals surface area contributed by atoms with Crippen molar-refractivity contribution in [2.45, 2.75) is 45.7 Å². The van der Waals surface area contributed by atoms with E-state index in [4.69, 9.17) is 0 Å². The number of benzene rings is 1. The maximum Gasteiger partial charge on any atom is 0.276 e. The highest BCUT2D eigenvalue weighted by Gasteiger charge is 2.41. The Bertz CT molecular complexity index is 968. The number of aromatic nitrogens is 2. The van der Waals surface area contributed by atoms with Crippen molar-refractivity contribution in [3.63, 3.8) is 0 Å². The molecule has 1 aromatic heterocycles. The Morgan fingerprint density at radius 1 is 1.14 bits per heavy atom. The van der Waals surface area contributed by atoms with Crippen molar-refractivity contribution in [2.75, 3.05) is 13.1 Å². The Balaban J connectivity index is 1.53. The summed E-state index contributed by atoms with van der Waals surface area (Å²) in [5.41, 5.74) is 1.90. The zero-order chi connectivity index (χ0) is 20.1. The first-order valence-corrected chi connectivity index (χ1v) is 9.73. The molecule has 3 heterocycles. The van der Waals surface area contributed by atoms with E-state index in [0.29, 0.717) is 31.6 Å². The normalized spacial score (nSPS) is 19.8. The molecule has 7 heteroatoms. The summed E-state index contributed by atoms with van der Waals surface area (Å²) in [6.45, 7) is 7.25. The van der Waals surface area contributed by atoms with Gasteiger partial charge in [0.05, 0.1) is 23.7 Å². The topological polar surface area (TPSA) is 78.4 Å². The van der Waals surface area contributed by atoms with Gasteiger partial charge in [-0.1, -0.05) is 18.2 Å². The predicted molar refractivity (Wildman–Crippen MR) is 105 cm³/mol. The molecule has 1 aromatic carbocycles. The number of fused-ring (bicyclic) bond motifs is 1. The number of aromatic amines is 1. The summed E-state index contributed by atoms with van der Waals surface area (Å²) < 4.78 is 1.54. The van der Waals surface area contributed by atoms with E-state index in [2.05, 4.69) is 5.10 Å². The van der Waals surface area contributed by atoms with Crippen molar-refractivity contribution in [1.29, 1.82) is 0 Å². The highest BCUT2D eigenvalue weighted by molar-refractivity contribution is 5.89. The van der Waals surface area contributed by atoms with Crippen molar-refractivity contribution in [1.82, 2.24) is 19.6 Å². The Kier molecular flexibility index (Phi) is 4.40. The SMILES string of the molecule is CC(C)(C)N1CC(C(=O)N2CCc3[nH]n(-c4ccccc4)c(=O)c3C2)CC1=O. The van der Waals surface area contributed by atoms with Crippen LogP contribution >= 0.6 is 0 Å². The van der Waals surface area contributed by atoms with Gasteiger partial charge in [-0.3, -0.25) is 19.5 Å². The molecule has 2 aliphatic heterocycles. The van der Waals surface area contributed by atoms with Crippen LogP contribution < -0.4 is 5.56 Å². The number of carbonyl (C=O) groups is 2. The quantitative estimate of drug-likeness (QED) is 0.859. The maximum atomic E-state index is 13.0. The molecule has 1 saturated heterocycles. The van der Waals surface area contributed by atoms with Crippen LogP contribution in [0.4, 0.5) is 0 Å². The fourth-order valence-corrected chi connectivity index (χ4v) is 4.13. The largest absolute Gasteiger partial charge is 0.337 e. The molecule has 0 saturated carbocycles. The van der Waals surface area contributed by atoms with E-state index >= 15 is 0 Å². The number of nitrogens with one attached hydrogen (secondary N) is 1. The Morgan fingerprint density at radius 3 is 2.50 bits per heavy atom. The van der Waals surface area contributed by atoms with Gasteiger partial charge in [-0.15, -0.1) is 0 Å². The molecule has 148 valence electrons. The first kappa shape index (κ1) is 18.5. The number of rotatable bonds is 2. The second kappa shape index (κ2) is 6.65. The minimum atomic E-state index is -0.330. The first-order chi connectivity index (χ1) is 13.3. The van der Waals surface area contributed by atoms with E-state index in [1.165, 1.54) is 0 Å². The summed E-state index contributed by atoms with van der Waals surface area (Å²) >= 11 is 0. The van der Waals surface area contributed by atoms with Crippen molar-refractivity contribution in [2.24, 2.45) is 5.92 Å². The van der Waals surface area contributed by atoms with Gasteiger partial charge in [-0.25, -0.2) is 4.68 Å². The van der Waals surface area contributed by atoms with Crippen molar-refractivity contribution >= 4 is 11.8 Å². The van der Waals surface area contributed by atoms with Crippen molar-refractivity contribution in [3.8, 4) is 5.69 Å². The van der Waals surface area contributed by atoms with Crippen LogP contribution in [-0.2, 0) is 22.6 Å². The molecule has 0 radical (unpaired) electrons. The first-order valence-electron chi connectivity index (χ1n) is 9.73. The lowest BCUT2D eigenvalue weighted by molar-refractivity contribution is -0.136. The van der Waals surface area contributed by atoms with Gasteiger partial charge in [0, 0.05) is 37.2 Å². The van der Waals surface area contributed by atoms with E-state index in [1.807, 2.05) is 51.1 Å². The van der Waals surface area contributed by atoms with Crippen LogP contribution in [0.15, 0.2) is 35.1 Å². The average Bonchev–Trinajstić information content (AvgIpc) is 3.22. The molecule has 2 aliphatic rings. The van der Waals surface area contributed by atoms with Gasteiger partial charge >= 0.3 is 0 Å². The highest BCUT2D eigenvalue weighted by atomic mass is 16.2. The molecule has 2 aromatic rings. The lowest BCUT2D eigenvalue weighted by Crippen LogP contribution is -2.44. The monoisotopic (exact) mass is 382 g/mol. The molecule has 1 unspecified atom stereocenters. The van der Waals surface area contributed by atoms with Crippen LogP contribution in [0, 0.1) is 5.92 Å². The number of likely N-dealkylation sites (tertiary alicyclic amines) is 1. The average molecular weight is 382 g/mol. The molecule has 1 fully saturated rings. The standard InChI is InChI=1S/C21H26N4O3/c1-21(2,3)24-12-14(11-18(24)26)19(27)23-10-9-17-16(13-23)20(28)25(22-17)15-7-5-4-6-8-15/h4-8,14,22H,9-13H2,1-3H3. The number of carbonyl (C=O) groups excluding carboxylic acids is 2. The van der Waals surface area contributed by atoms with Gasteiger partial charge in [0.25, 0.3) is 5.56 Å². The zero-order valence-corrected chi connectivity index (χ0v) is 16.6. The van der Waals surface area contributed by atoms with Gasteiger partial charge in [-0.2, -0.15) is 0 Å². The third kappa shape index (κ3) is 3.15. The predicted octanol–water partition coefficient (Wildman–Crippen LogP) is 1.70. The van der Waals surface area contributed by atoms with Gasteiger partial charge in [-0.05, 0) is 32.9 Å². The summed E-state index contributed by atoms with van der Waals surface area (Å²) in [6.07, 6.45) is 0.862. The third-order valence-corrected chi connectivity index (χ3v) is 5.66. The van der Waals surface area contributed by atoms with Gasteiger partial charge in [0.15, 0.2) is 0 Å². The number of para-hydroxylation sites is 1. The molecule has 28 heavy (non-hydrogen) atoms. The summed E-state index contributed by atoms with van der Waals surface area (Å²) in [4.78, 5) is 41.8. The lowest BCUT2D eigenvalue weighted by Gasteiger charge is -2.33. The minimum absolute atomic E-state index is 0.0247. The van der Waals surface area contributed by atoms with E-state index in [1.54, 1.807) is 14.5 Å². The van der Waals surface area contributed by atoms with Crippen LogP contribution in [0.2, 0.25) is 0 Å². The zero-order valence-electron chi connectivity index (χ0n) is 16.6. The van der Waals surface area contributed by atoms with E-state index in [9.17, 15) is 14.4 Å². The number of hydrogen-bond donors (Lipinski definition) is 1. The molecule has 1 N–H and O–H groups in total. The molecule has 0 aliphatic carbocycles. The molecule has 7 nitrogen and oxygen atoms in total.